The molecule has 116 valence electrons. The number of thiazole rings is 1. The summed E-state index contributed by atoms with van der Waals surface area (Å²) in [5.74, 6) is 0.481. The number of aryl methyl sites for hydroxylation is 1. The van der Waals surface area contributed by atoms with Gasteiger partial charge in [-0.3, -0.25) is 4.31 Å². The molecule has 0 saturated heterocycles. The lowest BCUT2D eigenvalue weighted by atomic mass is 10.0. The van der Waals surface area contributed by atoms with Gasteiger partial charge in [0.05, 0.1) is 16.9 Å². The van der Waals surface area contributed by atoms with Gasteiger partial charge in [-0.05, 0) is 53.2 Å². The van der Waals surface area contributed by atoms with Crippen LogP contribution in [0.4, 0.5) is 5.69 Å². The van der Waals surface area contributed by atoms with E-state index in [1.165, 1.54) is 17.5 Å². The number of halogens is 1. The molecule has 4 rings (SSSR count). The second kappa shape index (κ2) is 5.32. The molecule has 1 aliphatic heterocycles. The molecule has 0 radical (unpaired) electrons. The molecule has 1 aromatic carbocycles. The number of fused-ring (bicyclic) bond motifs is 1. The Labute approximate surface area is 142 Å². The number of aromatic nitrogens is 1. The minimum absolute atomic E-state index is 0.359. The number of hydrogen-bond donors (Lipinski definition) is 0. The number of hydrogen-bond acceptors (Lipinski definition) is 4. The molecule has 2 aromatic rings. The van der Waals surface area contributed by atoms with E-state index in [4.69, 9.17) is 0 Å². The molecule has 1 aliphatic carbocycles. The van der Waals surface area contributed by atoms with Crippen molar-refractivity contribution in [2.45, 2.75) is 35.8 Å². The zero-order chi connectivity index (χ0) is 15.3. The largest absolute Gasteiger partial charge is 0.275 e. The highest BCUT2D eigenvalue weighted by molar-refractivity contribution is 9.10. The van der Waals surface area contributed by atoms with Gasteiger partial charge < -0.3 is 0 Å². The first kappa shape index (κ1) is 14.7. The van der Waals surface area contributed by atoms with Crippen LogP contribution in [-0.2, 0) is 16.4 Å². The van der Waals surface area contributed by atoms with Crippen LogP contribution in [0.2, 0.25) is 0 Å². The van der Waals surface area contributed by atoms with Crippen LogP contribution < -0.4 is 4.31 Å². The van der Waals surface area contributed by atoms with Gasteiger partial charge in [0.2, 0.25) is 0 Å². The number of para-hydroxylation sites is 1. The fraction of sp³-hybridized carbons (Fsp3) is 0.400. The summed E-state index contributed by atoms with van der Waals surface area (Å²) in [6.07, 6.45) is 5.54. The van der Waals surface area contributed by atoms with Gasteiger partial charge in [-0.15, -0.1) is 11.3 Å². The molecule has 0 spiro atoms. The molecular formula is C15H15BrN2O2S2. The molecule has 4 nitrogen and oxygen atoms in total. The van der Waals surface area contributed by atoms with E-state index in [1.807, 2.05) is 18.2 Å². The average molecular weight is 399 g/mol. The van der Waals surface area contributed by atoms with Gasteiger partial charge >= 0.3 is 0 Å². The van der Waals surface area contributed by atoms with Crippen LogP contribution in [0.15, 0.2) is 33.1 Å². The van der Waals surface area contributed by atoms with Crippen molar-refractivity contribution in [3.05, 3.63) is 39.4 Å². The van der Waals surface area contributed by atoms with E-state index < -0.39 is 10.0 Å². The second-order valence-electron chi connectivity index (χ2n) is 5.72. The van der Waals surface area contributed by atoms with Crippen molar-refractivity contribution in [3.8, 4) is 0 Å². The fourth-order valence-corrected chi connectivity index (χ4v) is 6.56. The minimum Gasteiger partial charge on any atom is -0.264 e. The highest BCUT2D eigenvalue weighted by Gasteiger charge is 2.34. The number of sulfonamides is 1. The summed E-state index contributed by atoms with van der Waals surface area (Å²) in [4.78, 5) is 4.32. The zero-order valence-electron chi connectivity index (χ0n) is 11.8. The number of nitrogens with zero attached hydrogens (tertiary/aromatic N) is 2. The molecule has 1 fully saturated rings. The highest BCUT2D eigenvalue weighted by Crippen LogP contribution is 2.44. The predicted molar refractivity (Wildman–Crippen MR) is 91.1 cm³/mol. The van der Waals surface area contributed by atoms with Crippen LogP contribution in [0.25, 0.3) is 0 Å². The molecular weight excluding hydrogens is 384 g/mol. The molecule has 22 heavy (non-hydrogen) atoms. The molecule has 2 aliphatic rings. The molecule has 0 N–H and O–H groups in total. The van der Waals surface area contributed by atoms with Crippen LogP contribution >= 0.6 is 27.3 Å². The van der Waals surface area contributed by atoms with Crippen LogP contribution in [0, 0.1) is 0 Å². The van der Waals surface area contributed by atoms with Gasteiger partial charge in [-0.25, -0.2) is 13.4 Å². The summed E-state index contributed by atoms with van der Waals surface area (Å²) in [7, 11) is -3.52. The minimum atomic E-state index is -3.52. The Morgan fingerprint density at radius 3 is 2.91 bits per heavy atom. The van der Waals surface area contributed by atoms with Crippen LogP contribution in [0.3, 0.4) is 0 Å². The number of benzene rings is 1. The number of anilines is 1. The van der Waals surface area contributed by atoms with Crippen molar-refractivity contribution in [2.24, 2.45) is 0 Å². The van der Waals surface area contributed by atoms with Crippen molar-refractivity contribution in [2.75, 3.05) is 10.8 Å². The molecule has 0 atom stereocenters. The Balaban J connectivity index is 1.77. The lowest BCUT2D eigenvalue weighted by Gasteiger charge is -2.30. The van der Waals surface area contributed by atoms with E-state index >= 15 is 0 Å². The molecule has 0 amide bonds. The Morgan fingerprint density at radius 2 is 2.14 bits per heavy atom. The molecule has 7 heteroatoms. The lowest BCUT2D eigenvalue weighted by molar-refractivity contribution is 0.588. The van der Waals surface area contributed by atoms with Crippen molar-refractivity contribution in [1.82, 2.24) is 4.98 Å². The van der Waals surface area contributed by atoms with Gasteiger partial charge in [0.1, 0.15) is 0 Å². The maximum atomic E-state index is 13.0. The van der Waals surface area contributed by atoms with Gasteiger partial charge in [0, 0.05) is 16.9 Å². The molecule has 2 heterocycles. The highest BCUT2D eigenvalue weighted by atomic mass is 79.9. The fourth-order valence-electron chi connectivity index (χ4n) is 2.83. The van der Waals surface area contributed by atoms with Gasteiger partial charge in [-0.1, -0.05) is 12.1 Å². The molecule has 0 bridgehead atoms. The summed E-state index contributed by atoms with van der Waals surface area (Å²) in [5, 5.41) is 0.961. The first-order valence-electron chi connectivity index (χ1n) is 7.33. The van der Waals surface area contributed by atoms with Crippen LogP contribution in [-0.4, -0.2) is 19.9 Å². The van der Waals surface area contributed by atoms with Gasteiger partial charge in [0.25, 0.3) is 10.0 Å². The molecule has 1 saturated carbocycles. The quantitative estimate of drug-likeness (QED) is 0.786. The summed E-state index contributed by atoms with van der Waals surface area (Å²) in [6.45, 7) is 0.522. The van der Waals surface area contributed by atoms with Crippen LogP contribution in [0.1, 0.15) is 35.8 Å². The Morgan fingerprint density at radius 1 is 1.32 bits per heavy atom. The summed E-state index contributed by atoms with van der Waals surface area (Å²) < 4.78 is 28.8. The number of rotatable bonds is 3. The third kappa shape index (κ3) is 2.39. The topological polar surface area (TPSA) is 50.3 Å². The van der Waals surface area contributed by atoms with E-state index in [0.717, 1.165) is 46.4 Å². The van der Waals surface area contributed by atoms with Crippen molar-refractivity contribution >= 4 is 43.0 Å². The SMILES string of the molecule is O=S(=O)(c1cnc(C2CC2)s1)N1CCCc2cccc(Br)c21. The normalized spacial score (nSPS) is 18.3. The molecule has 0 unspecified atom stereocenters. The third-order valence-corrected chi connectivity index (χ3v) is 8.14. The van der Waals surface area contributed by atoms with Gasteiger partial charge in [0.15, 0.2) is 4.21 Å². The van der Waals surface area contributed by atoms with E-state index in [0.29, 0.717) is 16.7 Å². The van der Waals surface area contributed by atoms with E-state index in [-0.39, 0.29) is 0 Å². The van der Waals surface area contributed by atoms with E-state index in [2.05, 4.69) is 20.9 Å². The third-order valence-electron chi connectivity index (χ3n) is 4.10. The summed E-state index contributed by atoms with van der Waals surface area (Å²) >= 11 is 4.84. The lowest BCUT2D eigenvalue weighted by Crippen LogP contribution is -2.35. The monoisotopic (exact) mass is 398 g/mol. The molecule has 1 aromatic heterocycles. The predicted octanol–water partition coefficient (Wildman–Crippen LogP) is 3.92. The average Bonchev–Trinajstić information content (AvgIpc) is 3.23. The second-order valence-corrected chi connectivity index (χ2v) is 9.73. The van der Waals surface area contributed by atoms with Gasteiger partial charge in [-0.2, -0.15) is 0 Å². The zero-order valence-corrected chi connectivity index (χ0v) is 15.0. The van der Waals surface area contributed by atoms with Crippen molar-refractivity contribution in [1.29, 1.82) is 0 Å². The van der Waals surface area contributed by atoms with Crippen molar-refractivity contribution < 1.29 is 8.42 Å². The van der Waals surface area contributed by atoms with Crippen molar-refractivity contribution in [3.63, 3.8) is 0 Å². The van der Waals surface area contributed by atoms with E-state index in [1.54, 1.807) is 4.31 Å². The maximum Gasteiger partial charge on any atom is 0.275 e. The van der Waals surface area contributed by atoms with E-state index in [9.17, 15) is 8.42 Å². The standard InChI is InChI=1S/C15H15BrN2O2S2/c16-12-5-1-3-10-4-2-8-18(14(10)12)22(19,20)13-9-17-15(21-13)11-6-7-11/h1,3,5,9,11H,2,4,6-8H2. The smallest absolute Gasteiger partial charge is 0.264 e. The summed E-state index contributed by atoms with van der Waals surface area (Å²) in [5.41, 5.74) is 1.87. The maximum absolute atomic E-state index is 13.0. The Hall–Kier alpha value is -0.920. The summed E-state index contributed by atoms with van der Waals surface area (Å²) in [6, 6.07) is 5.86. The van der Waals surface area contributed by atoms with Crippen LogP contribution in [0.5, 0.6) is 0 Å². The first-order chi connectivity index (χ1) is 10.6. The Bertz CT molecular complexity index is 828. The Kier molecular flexibility index (Phi) is 3.54. The first-order valence-corrected chi connectivity index (χ1v) is 10.4.